The molecule has 0 aromatic heterocycles. The zero-order chi connectivity index (χ0) is 17.2. The molecule has 2 N–H and O–H groups in total. The first-order chi connectivity index (χ1) is 11.6. The average Bonchev–Trinajstić information content (AvgIpc) is 3.22. The number of hydroxylamine groups is 1. The van der Waals surface area contributed by atoms with Gasteiger partial charge in [-0.15, -0.1) is 0 Å². The van der Waals surface area contributed by atoms with Crippen LogP contribution in [0.2, 0.25) is 0 Å². The van der Waals surface area contributed by atoms with Gasteiger partial charge in [0, 0.05) is 5.56 Å². The molecule has 24 heavy (non-hydrogen) atoms. The van der Waals surface area contributed by atoms with Crippen molar-refractivity contribution < 1.29 is 24.2 Å². The molecular weight excluding hydrogens is 310 g/mol. The third-order valence-electron chi connectivity index (χ3n) is 4.61. The van der Waals surface area contributed by atoms with E-state index in [1.165, 1.54) is 20.0 Å². The van der Waals surface area contributed by atoms with Crippen LogP contribution in [0.15, 0.2) is 24.3 Å². The molecule has 1 fully saturated rings. The Hall–Kier alpha value is -2.21. The van der Waals surface area contributed by atoms with Gasteiger partial charge in [0.25, 0.3) is 0 Å². The van der Waals surface area contributed by atoms with Crippen LogP contribution in [-0.4, -0.2) is 29.9 Å². The van der Waals surface area contributed by atoms with Crippen molar-refractivity contribution in [2.24, 2.45) is 0 Å². The van der Waals surface area contributed by atoms with Crippen LogP contribution < -0.4 is 15.0 Å². The van der Waals surface area contributed by atoms with Crippen LogP contribution in [0.4, 0.5) is 0 Å². The standard InChI is InChI=1S/C18H23NO5/c1-3-14(17(20)21)23-16-10-12(6-7-15(16)22-2)13-11-18(24-19-13)8-4-5-9-18/h6-7,10-11,14,19H,3-5,8-9H2,1-2H3,(H,20,21). The summed E-state index contributed by atoms with van der Waals surface area (Å²) in [5, 5.41) is 9.21. The Labute approximate surface area is 141 Å². The predicted octanol–water partition coefficient (Wildman–Crippen LogP) is 3.13. The Bertz CT molecular complexity index is 649. The van der Waals surface area contributed by atoms with Crippen LogP contribution >= 0.6 is 0 Å². The van der Waals surface area contributed by atoms with Crippen LogP contribution in [0.5, 0.6) is 11.5 Å². The molecule has 1 heterocycles. The Kier molecular flexibility index (Phi) is 4.66. The lowest BCUT2D eigenvalue weighted by Crippen LogP contribution is -2.26. The lowest BCUT2D eigenvalue weighted by Gasteiger charge is -2.17. The minimum atomic E-state index is -0.989. The molecule has 1 atom stereocenters. The van der Waals surface area contributed by atoms with Crippen molar-refractivity contribution >= 4 is 11.7 Å². The predicted molar refractivity (Wildman–Crippen MR) is 88.7 cm³/mol. The van der Waals surface area contributed by atoms with Crippen molar-refractivity contribution in [3.8, 4) is 11.5 Å². The largest absolute Gasteiger partial charge is 0.493 e. The average molecular weight is 333 g/mol. The lowest BCUT2D eigenvalue weighted by molar-refractivity contribution is -0.145. The van der Waals surface area contributed by atoms with Gasteiger partial charge in [-0.05, 0) is 43.5 Å². The molecule has 6 nitrogen and oxygen atoms in total. The number of nitrogens with one attached hydrogen (secondary N) is 1. The smallest absolute Gasteiger partial charge is 0.344 e. The minimum Gasteiger partial charge on any atom is -0.493 e. The Morgan fingerprint density at radius 1 is 1.38 bits per heavy atom. The van der Waals surface area contributed by atoms with E-state index in [0.29, 0.717) is 17.9 Å². The van der Waals surface area contributed by atoms with E-state index in [1.54, 1.807) is 19.1 Å². The van der Waals surface area contributed by atoms with Crippen LogP contribution in [0, 0.1) is 0 Å². The van der Waals surface area contributed by atoms with Gasteiger partial charge in [-0.25, -0.2) is 4.79 Å². The summed E-state index contributed by atoms with van der Waals surface area (Å²) < 4.78 is 10.9. The number of carboxylic acid groups (broad SMARTS) is 1. The maximum Gasteiger partial charge on any atom is 0.344 e. The minimum absolute atomic E-state index is 0.205. The summed E-state index contributed by atoms with van der Waals surface area (Å²) in [6, 6.07) is 5.48. The van der Waals surface area contributed by atoms with Crippen molar-refractivity contribution in [1.82, 2.24) is 5.48 Å². The maximum absolute atomic E-state index is 11.2. The van der Waals surface area contributed by atoms with Crippen LogP contribution in [0.1, 0.15) is 44.6 Å². The molecule has 1 aromatic carbocycles. The van der Waals surface area contributed by atoms with Crippen LogP contribution in [-0.2, 0) is 9.63 Å². The van der Waals surface area contributed by atoms with E-state index in [2.05, 4.69) is 11.6 Å². The van der Waals surface area contributed by atoms with Gasteiger partial charge in [-0.2, -0.15) is 0 Å². The fourth-order valence-electron chi connectivity index (χ4n) is 3.24. The molecule has 0 bridgehead atoms. The Morgan fingerprint density at radius 2 is 2.12 bits per heavy atom. The normalized spacial score (nSPS) is 19.7. The highest BCUT2D eigenvalue weighted by molar-refractivity contribution is 5.73. The van der Waals surface area contributed by atoms with E-state index in [1.807, 2.05) is 6.07 Å². The summed E-state index contributed by atoms with van der Waals surface area (Å²) in [5.41, 5.74) is 4.57. The van der Waals surface area contributed by atoms with E-state index in [-0.39, 0.29) is 5.60 Å². The molecule has 1 aromatic rings. The number of carbonyl (C=O) groups is 1. The molecule has 1 unspecified atom stereocenters. The van der Waals surface area contributed by atoms with Crippen LogP contribution in [0.3, 0.4) is 0 Å². The summed E-state index contributed by atoms with van der Waals surface area (Å²) >= 11 is 0. The monoisotopic (exact) mass is 333 g/mol. The summed E-state index contributed by atoms with van der Waals surface area (Å²) in [7, 11) is 1.54. The summed E-state index contributed by atoms with van der Waals surface area (Å²) in [6.45, 7) is 1.77. The number of ether oxygens (including phenoxy) is 2. The molecule has 1 spiro atoms. The molecule has 1 aliphatic carbocycles. The molecule has 6 heteroatoms. The number of aliphatic carboxylic acids is 1. The molecule has 1 aliphatic heterocycles. The fraction of sp³-hybridized carbons (Fsp3) is 0.500. The number of hydrogen-bond acceptors (Lipinski definition) is 5. The number of benzene rings is 1. The van der Waals surface area contributed by atoms with Gasteiger partial charge >= 0.3 is 5.97 Å². The molecule has 0 saturated heterocycles. The summed E-state index contributed by atoms with van der Waals surface area (Å²) in [5.74, 6) is -0.0655. The second-order valence-corrected chi connectivity index (χ2v) is 6.25. The summed E-state index contributed by atoms with van der Waals surface area (Å²) in [6.07, 6.45) is 5.95. The molecule has 3 rings (SSSR count). The third kappa shape index (κ3) is 3.19. The number of methoxy groups -OCH3 is 1. The molecule has 0 amide bonds. The van der Waals surface area contributed by atoms with Crippen LogP contribution in [0.25, 0.3) is 5.70 Å². The number of hydrogen-bond donors (Lipinski definition) is 2. The summed E-state index contributed by atoms with van der Waals surface area (Å²) in [4.78, 5) is 17.0. The Balaban J connectivity index is 1.88. The van der Waals surface area contributed by atoms with Gasteiger partial charge in [0.05, 0.1) is 12.8 Å². The topological polar surface area (TPSA) is 77.0 Å². The highest BCUT2D eigenvalue weighted by Gasteiger charge is 2.38. The zero-order valence-corrected chi connectivity index (χ0v) is 14.0. The van der Waals surface area contributed by atoms with Crippen molar-refractivity contribution in [3.63, 3.8) is 0 Å². The molecule has 1 saturated carbocycles. The van der Waals surface area contributed by atoms with Gasteiger partial charge in [0.2, 0.25) is 0 Å². The molecule has 130 valence electrons. The third-order valence-corrected chi connectivity index (χ3v) is 4.61. The van der Waals surface area contributed by atoms with Gasteiger partial charge in [0.15, 0.2) is 17.6 Å². The first-order valence-electron chi connectivity index (χ1n) is 8.31. The molecule has 0 radical (unpaired) electrons. The van der Waals surface area contributed by atoms with Gasteiger partial charge in [-0.3, -0.25) is 10.3 Å². The van der Waals surface area contributed by atoms with Gasteiger partial charge in [0.1, 0.15) is 5.60 Å². The molecular formula is C18H23NO5. The van der Waals surface area contributed by atoms with E-state index in [9.17, 15) is 9.90 Å². The zero-order valence-electron chi connectivity index (χ0n) is 14.0. The maximum atomic E-state index is 11.2. The van der Waals surface area contributed by atoms with E-state index < -0.39 is 12.1 Å². The SMILES string of the molecule is CCC(Oc1cc(C2=CC3(CCCC3)ON2)ccc1OC)C(=O)O. The second-order valence-electron chi connectivity index (χ2n) is 6.25. The van der Waals surface area contributed by atoms with E-state index in [4.69, 9.17) is 14.3 Å². The van der Waals surface area contributed by atoms with Crippen molar-refractivity contribution in [2.75, 3.05) is 7.11 Å². The van der Waals surface area contributed by atoms with Crippen molar-refractivity contribution in [3.05, 3.63) is 29.8 Å². The van der Waals surface area contributed by atoms with E-state index in [0.717, 1.165) is 24.1 Å². The number of rotatable bonds is 6. The Morgan fingerprint density at radius 3 is 2.75 bits per heavy atom. The quantitative estimate of drug-likeness (QED) is 0.833. The van der Waals surface area contributed by atoms with Crippen molar-refractivity contribution in [2.45, 2.75) is 50.7 Å². The molecule has 2 aliphatic rings. The fourth-order valence-corrected chi connectivity index (χ4v) is 3.24. The second kappa shape index (κ2) is 6.73. The first-order valence-corrected chi connectivity index (χ1v) is 8.31. The number of carboxylic acids is 1. The highest BCUT2D eigenvalue weighted by atomic mass is 16.7. The van der Waals surface area contributed by atoms with Gasteiger partial charge in [-0.1, -0.05) is 19.8 Å². The van der Waals surface area contributed by atoms with Gasteiger partial charge < -0.3 is 14.6 Å². The van der Waals surface area contributed by atoms with E-state index >= 15 is 0 Å². The van der Waals surface area contributed by atoms with Crippen molar-refractivity contribution in [1.29, 1.82) is 0 Å². The first kappa shape index (κ1) is 16.6. The lowest BCUT2D eigenvalue weighted by atomic mass is 10.00. The highest BCUT2D eigenvalue weighted by Crippen LogP contribution is 2.40.